The molecule has 3 amide bonds. The lowest BCUT2D eigenvalue weighted by molar-refractivity contribution is -0.116. The lowest BCUT2D eigenvalue weighted by Gasteiger charge is -2.14. The van der Waals surface area contributed by atoms with E-state index >= 15 is 0 Å². The van der Waals surface area contributed by atoms with Crippen molar-refractivity contribution < 1.29 is 14.4 Å². The summed E-state index contributed by atoms with van der Waals surface area (Å²) in [6, 6.07) is 15.7. The van der Waals surface area contributed by atoms with Crippen LogP contribution in [0.15, 0.2) is 54.6 Å². The number of carbonyl (C=O) groups is 3. The third-order valence-corrected chi connectivity index (χ3v) is 4.23. The highest BCUT2D eigenvalue weighted by molar-refractivity contribution is 5.98. The third-order valence-electron chi connectivity index (χ3n) is 4.23. The van der Waals surface area contributed by atoms with E-state index in [1.54, 1.807) is 55.5 Å². The first-order valence-corrected chi connectivity index (χ1v) is 9.08. The first kappa shape index (κ1) is 18.6. The van der Waals surface area contributed by atoms with Gasteiger partial charge in [-0.05, 0) is 50.1 Å². The normalized spacial score (nSPS) is 14.1. The fraction of sp³-hybridized carbons (Fsp3) is 0.286. The summed E-state index contributed by atoms with van der Waals surface area (Å²) in [6.07, 6.45) is 2.18. The van der Waals surface area contributed by atoms with Crippen LogP contribution in [0.4, 0.5) is 5.69 Å². The van der Waals surface area contributed by atoms with Crippen LogP contribution in [0.25, 0.3) is 0 Å². The number of hydrogen-bond acceptors (Lipinski definition) is 3. The van der Waals surface area contributed by atoms with Crippen molar-refractivity contribution in [1.29, 1.82) is 0 Å². The highest BCUT2D eigenvalue weighted by Gasteiger charge is 2.23. The Morgan fingerprint density at radius 2 is 1.67 bits per heavy atom. The molecule has 2 aromatic carbocycles. The second-order valence-corrected chi connectivity index (χ2v) is 6.82. The maximum Gasteiger partial charge on any atom is 0.251 e. The number of benzene rings is 2. The number of rotatable bonds is 7. The van der Waals surface area contributed by atoms with Gasteiger partial charge in [-0.2, -0.15) is 0 Å². The molecule has 1 atom stereocenters. The van der Waals surface area contributed by atoms with Crippen LogP contribution >= 0.6 is 0 Å². The average molecular weight is 365 g/mol. The molecule has 0 spiro atoms. The predicted octanol–water partition coefficient (Wildman–Crippen LogP) is 2.73. The summed E-state index contributed by atoms with van der Waals surface area (Å²) in [5, 5.41) is 8.51. The van der Waals surface area contributed by atoms with Gasteiger partial charge in [0.25, 0.3) is 11.8 Å². The van der Waals surface area contributed by atoms with Gasteiger partial charge < -0.3 is 16.0 Å². The predicted molar refractivity (Wildman–Crippen MR) is 104 cm³/mol. The topological polar surface area (TPSA) is 87.3 Å². The Morgan fingerprint density at radius 3 is 2.37 bits per heavy atom. The Kier molecular flexibility index (Phi) is 5.86. The van der Waals surface area contributed by atoms with E-state index in [1.807, 2.05) is 6.07 Å². The van der Waals surface area contributed by atoms with Gasteiger partial charge in [-0.3, -0.25) is 14.4 Å². The molecule has 140 valence electrons. The molecule has 0 unspecified atom stereocenters. The molecule has 1 fully saturated rings. The molecule has 1 aliphatic rings. The van der Waals surface area contributed by atoms with Crippen molar-refractivity contribution in [3.05, 3.63) is 65.7 Å². The minimum Gasteiger partial charge on any atom is -0.349 e. The monoisotopic (exact) mass is 365 g/mol. The Morgan fingerprint density at radius 1 is 0.963 bits per heavy atom. The molecule has 0 aliphatic heterocycles. The number of hydrogen-bond donors (Lipinski definition) is 3. The molecule has 0 saturated heterocycles. The number of amides is 3. The van der Waals surface area contributed by atoms with Crippen molar-refractivity contribution in [2.75, 3.05) is 5.32 Å². The van der Waals surface area contributed by atoms with Crippen LogP contribution in [0.5, 0.6) is 0 Å². The molecule has 0 heterocycles. The maximum atomic E-state index is 12.2. The zero-order valence-corrected chi connectivity index (χ0v) is 15.2. The first-order chi connectivity index (χ1) is 13.0. The molecule has 0 radical (unpaired) electrons. The number of anilines is 1. The SMILES string of the molecule is C[C@@H](CC(=O)Nc1cccc(C(=O)NC2CC2)c1)NC(=O)c1ccccc1. The van der Waals surface area contributed by atoms with Crippen LogP contribution in [-0.4, -0.2) is 29.8 Å². The van der Waals surface area contributed by atoms with Gasteiger partial charge in [0.05, 0.1) is 0 Å². The second-order valence-electron chi connectivity index (χ2n) is 6.82. The summed E-state index contributed by atoms with van der Waals surface area (Å²) < 4.78 is 0. The number of carbonyl (C=O) groups excluding carboxylic acids is 3. The molecule has 1 aliphatic carbocycles. The van der Waals surface area contributed by atoms with E-state index in [1.165, 1.54) is 0 Å². The van der Waals surface area contributed by atoms with Gasteiger partial charge in [-0.15, -0.1) is 0 Å². The van der Waals surface area contributed by atoms with Crippen molar-refractivity contribution >= 4 is 23.4 Å². The second kappa shape index (κ2) is 8.49. The zero-order valence-electron chi connectivity index (χ0n) is 15.2. The molecule has 0 aromatic heterocycles. The minimum absolute atomic E-state index is 0.128. The van der Waals surface area contributed by atoms with Crippen LogP contribution in [-0.2, 0) is 4.79 Å². The van der Waals surface area contributed by atoms with Crippen molar-refractivity contribution in [3.63, 3.8) is 0 Å². The highest BCUT2D eigenvalue weighted by atomic mass is 16.2. The van der Waals surface area contributed by atoms with Crippen molar-refractivity contribution in [2.24, 2.45) is 0 Å². The molecule has 3 rings (SSSR count). The van der Waals surface area contributed by atoms with E-state index in [-0.39, 0.29) is 36.2 Å². The van der Waals surface area contributed by atoms with Gasteiger partial charge in [-0.1, -0.05) is 24.3 Å². The standard InChI is InChI=1S/C21H23N3O3/c1-14(22-20(26)15-6-3-2-4-7-15)12-19(25)23-18-9-5-8-16(13-18)21(27)24-17-10-11-17/h2-9,13-14,17H,10-12H2,1H3,(H,22,26)(H,23,25)(H,24,27)/t14-/m0/s1. The first-order valence-electron chi connectivity index (χ1n) is 9.08. The van der Waals surface area contributed by atoms with Gasteiger partial charge in [0.1, 0.15) is 0 Å². The Hall–Kier alpha value is -3.15. The van der Waals surface area contributed by atoms with E-state index in [4.69, 9.17) is 0 Å². The lowest BCUT2D eigenvalue weighted by Crippen LogP contribution is -2.35. The molecular formula is C21H23N3O3. The lowest BCUT2D eigenvalue weighted by atomic mass is 10.1. The molecule has 6 heteroatoms. The van der Waals surface area contributed by atoms with Crippen molar-refractivity contribution in [1.82, 2.24) is 10.6 Å². The average Bonchev–Trinajstić information content (AvgIpc) is 3.46. The van der Waals surface area contributed by atoms with E-state index < -0.39 is 0 Å². The van der Waals surface area contributed by atoms with Crippen LogP contribution in [0.2, 0.25) is 0 Å². The van der Waals surface area contributed by atoms with Crippen LogP contribution in [0, 0.1) is 0 Å². The Bertz CT molecular complexity index is 832. The molecule has 0 bridgehead atoms. The summed E-state index contributed by atoms with van der Waals surface area (Å²) >= 11 is 0. The molecule has 3 N–H and O–H groups in total. The van der Waals surface area contributed by atoms with E-state index in [2.05, 4.69) is 16.0 Å². The summed E-state index contributed by atoms with van der Waals surface area (Å²) in [7, 11) is 0. The fourth-order valence-corrected chi connectivity index (χ4v) is 2.67. The summed E-state index contributed by atoms with van der Waals surface area (Å²) in [4.78, 5) is 36.5. The molecule has 6 nitrogen and oxygen atoms in total. The largest absolute Gasteiger partial charge is 0.349 e. The summed E-state index contributed by atoms with van der Waals surface area (Å²) in [5.74, 6) is -0.567. The summed E-state index contributed by atoms with van der Waals surface area (Å²) in [6.45, 7) is 1.78. The van der Waals surface area contributed by atoms with Crippen molar-refractivity contribution in [3.8, 4) is 0 Å². The molecule has 27 heavy (non-hydrogen) atoms. The van der Waals surface area contributed by atoms with Crippen molar-refractivity contribution in [2.45, 2.75) is 38.3 Å². The highest BCUT2D eigenvalue weighted by Crippen LogP contribution is 2.20. The zero-order chi connectivity index (χ0) is 19.2. The van der Waals surface area contributed by atoms with Gasteiger partial charge in [-0.25, -0.2) is 0 Å². The molecular weight excluding hydrogens is 342 g/mol. The van der Waals surface area contributed by atoms with Gasteiger partial charge >= 0.3 is 0 Å². The van der Waals surface area contributed by atoms with E-state index in [9.17, 15) is 14.4 Å². The van der Waals surface area contributed by atoms with Crippen LogP contribution in [0.3, 0.4) is 0 Å². The quantitative estimate of drug-likeness (QED) is 0.705. The molecule has 1 saturated carbocycles. The van der Waals surface area contributed by atoms with Gasteiger partial charge in [0.2, 0.25) is 5.91 Å². The Balaban J connectivity index is 1.51. The maximum absolute atomic E-state index is 12.2. The summed E-state index contributed by atoms with van der Waals surface area (Å²) in [5.41, 5.74) is 1.63. The number of nitrogens with one attached hydrogen (secondary N) is 3. The van der Waals surface area contributed by atoms with E-state index in [0.29, 0.717) is 16.8 Å². The minimum atomic E-state index is -0.320. The fourth-order valence-electron chi connectivity index (χ4n) is 2.67. The van der Waals surface area contributed by atoms with Gasteiger partial charge in [0, 0.05) is 35.3 Å². The van der Waals surface area contributed by atoms with Gasteiger partial charge in [0.15, 0.2) is 0 Å². The van der Waals surface area contributed by atoms with E-state index in [0.717, 1.165) is 12.8 Å². The van der Waals surface area contributed by atoms with Crippen LogP contribution < -0.4 is 16.0 Å². The molecule has 2 aromatic rings. The Labute approximate surface area is 158 Å². The smallest absolute Gasteiger partial charge is 0.251 e. The van der Waals surface area contributed by atoms with Crippen LogP contribution in [0.1, 0.15) is 46.9 Å². The third kappa shape index (κ3) is 5.67.